The predicted octanol–water partition coefficient (Wildman–Crippen LogP) is 2.04. The Kier molecular flexibility index (Phi) is 4.50. The first-order valence-corrected chi connectivity index (χ1v) is 5.37. The van der Waals surface area contributed by atoms with Crippen LogP contribution in [0.2, 0.25) is 0 Å². The van der Waals surface area contributed by atoms with Crippen molar-refractivity contribution in [1.82, 2.24) is 0 Å². The first-order valence-electron chi connectivity index (χ1n) is 5.37. The van der Waals surface area contributed by atoms with Gasteiger partial charge in [-0.15, -0.1) is 0 Å². The molecule has 0 spiro atoms. The van der Waals surface area contributed by atoms with Gasteiger partial charge in [0.05, 0.1) is 0 Å². The molecule has 88 valence electrons. The molecule has 3 heteroatoms. The maximum Gasteiger partial charge on any atom is 0.308 e. The summed E-state index contributed by atoms with van der Waals surface area (Å²) in [7, 11) is 0. The highest BCUT2D eigenvalue weighted by atomic mass is 16.6. The van der Waals surface area contributed by atoms with Crippen molar-refractivity contribution in [3.63, 3.8) is 0 Å². The zero-order valence-electron chi connectivity index (χ0n) is 10.0. The highest BCUT2D eigenvalue weighted by Crippen LogP contribution is 2.16. The minimum absolute atomic E-state index is 0.308. The average Bonchev–Trinajstić information content (AvgIpc) is 2.23. The molecule has 0 aromatic heterocycles. The van der Waals surface area contributed by atoms with Crippen LogP contribution in [0.1, 0.15) is 28.7 Å². The molecule has 1 aromatic carbocycles. The SMILES string of the molecule is Cc1cc(CCC(=O)OCO)cc(C)c1C. The molecule has 0 saturated carbocycles. The monoisotopic (exact) mass is 222 g/mol. The lowest BCUT2D eigenvalue weighted by Crippen LogP contribution is -2.06. The molecular formula is C13H18O3. The van der Waals surface area contributed by atoms with Crippen molar-refractivity contribution in [1.29, 1.82) is 0 Å². The molecule has 0 unspecified atom stereocenters. The Balaban J connectivity index is 2.65. The minimum atomic E-state index is -0.537. The van der Waals surface area contributed by atoms with Crippen LogP contribution in [0.4, 0.5) is 0 Å². The summed E-state index contributed by atoms with van der Waals surface area (Å²) in [5, 5.41) is 8.42. The second-order valence-electron chi connectivity index (χ2n) is 4.00. The zero-order valence-corrected chi connectivity index (χ0v) is 10.0. The summed E-state index contributed by atoms with van der Waals surface area (Å²) >= 11 is 0. The number of benzene rings is 1. The standard InChI is InChI=1S/C13H18O3/c1-9-6-12(7-10(2)11(9)3)4-5-13(15)16-8-14/h6-7,14H,4-5,8H2,1-3H3. The van der Waals surface area contributed by atoms with E-state index in [1.54, 1.807) is 0 Å². The highest BCUT2D eigenvalue weighted by molar-refractivity contribution is 5.69. The van der Waals surface area contributed by atoms with Gasteiger partial charge < -0.3 is 9.84 Å². The Labute approximate surface area is 96.1 Å². The maximum atomic E-state index is 11.1. The van der Waals surface area contributed by atoms with Crippen molar-refractivity contribution in [3.8, 4) is 0 Å². The fourth-order valence-corrected chi connectivity index (χ4v) is 1.66. The molecule has 0 radical (unpaired) electrons. The Morgan fingerprint density at radius 3 is 2.31 bits per heavy atom. The summed E-state index contributed by atoms with van der Waals surface area (Å²) in [5.74, 6) is -0.363. The number of esters is 1. The van der Waals surface area contributed by atoms with Gasteiger partial charge >= 0.3 is 5.97 Å². The number of hydrogen-bond donors (Lipinski definition) is 1. The van der Waals surface area contributed by atoms with Crippen LogP contribution in [0, 0.1) is 20.8 Å². The van der Waals surface area contributed by atoms with E-state index in [2.05, 4.69) is 37.6 Å². The van der Waals surface area contributed by atoms with Crippen molar-refractivity contribution < 1.29 is 14.6 Å². The lowest BCUT2D eigenvalue weighted by Gasteiger charge is -2.08. The third-order valence-corrected chi connectivity index (χ3v) is 2.83. The van der Waals surface area contributed by atoms with E-state index in [1.165, 1.54) is 16.7 Å². The highest BCUT2D eigenvalue weighted by Gasteiger charge is 2.05. The van der Waals surface area contributed by atoms with Crippen LogP contribution in [0.25, 0.3) is 0 Å². The number of ether oxygens (including phenoxy) is 1. The molecule has 1 rings (SSSR count). The molecule has 0 saturated heterocycles. The first kappa shape index (κ1) is 12.7. The Morgan fingerprint density at radius 1 is 1.25 bits per heavy atom. The molecule has 0 aliphatic heterocycles. The molecule has 1 aromatic rings. The number of carbonyl (C=O) groups is 1. The molecule has 1 N–H and O–H groups in total. The largest absolute Gasteiger partial charge is 0.439 e. The number of carbonyl (C=O) groups excluding carboxylic acids is 1. The molecular weight excluding hydrogens is 204 g/mol. The second-order valence-corrected chi connectivity index (χ2v) is 4.00. The fraction of sp³-hybridized carbons (Fsp3) is 0.462. The van der Waals surface area contributed by atoms with Gasteiger partial charge in [0.1, 0.15) is 0 Å². The smallest absolute Gasteiger partial charge is 0.308 e. The van der Waals surface area contributed by atoms with E-state index in [1.807, 2.05) is 0 Å². The van der Waals surface area contributed by atoms with Crippen LogP contribution in [0.5, 0.6) is 0 Å². The summed E-state index contributed by atoms with van der Waals surface area (Å²) in [5.41, 5.74) is 4.91. The molecule has 0 aliphatic rings. The Hall–Kier alpha value is -1.35. The molecule has 0 amide bonds. The van der Waals surface area contributed by atoms with Crippen LogP contribution < -0.4 is 0 Å². The topological polar surface area (TPSA) is 46.5 Å². The number of aliphatic hydroxyl groups is 1. The first-order chi connectivity index (χ1) is 7.54. The van der Waals surface area contributed by atoms with Crippen molar-refractivity contribution in [2.24, 2.45) is 0 Å². The van der Waals surface area contributed by atoms with Crippen LogP contribution in [-0.2, 0) is 16.0 Å². The third-order valence-electron chi connectivity index (χ3n) is 2.83. The summed E-state index contributed by atoms with van der Waals surface area (Å²) in [6, 6.07) is 4.18. The average molecular weight is 222 g/mol. The van der Waals surface area contributed by atoms with Gasteiger partial charge in [-0.05, 0) is 49.4 Å². The minimum Gasteiger partial charge on any atom is -0.439 e. The van der Waals surface area contributed by atoms with E-state index in [9.17, 15) is 4.79 Å². The van der Waals surface area contributed by atoms with Gasteiger partial charge in [-0.25, -0.2) is 0 Å². The lowest BCUT2D eigenvalue weighted by atomic mass is 9.98. The summed E-state index contributed by atoms with van der Waals surface area (Å²) in [6.45, 7) is 5.69. The number of aliphatic hydroxyl groups excluding tert-OH is 1. The number of hydrogen-bond acceptors (Lipinski definition) is 3. The van der Waals surface area contributed by atoms with Gasteiger partial charge in [-0.1, -0.05) is 12.1 Å². The Bertz CT molecular complexity index is 360. The molecule has 3 nitrogen and oxygen atoms in total. The van der Waals surface area contributed by atoms with E-state index < -0.39 is 6.79 Å². The summed E-state index contributed by atoms with van der Waals surface area (Å²) in [6.07, 6.45) is 0.962. The van der Waals surface area contributed by atoms with Gasteiger partial charge in [0, 0.05) is 6.42 Å². The van der Waals surface area contributed by atoms with Crippen molar-refractivity contribution in [2.75, 3.05) is 6.79 Å². The van der Waals surface area contributed by atoms with E-state index in [-0.39, 0.29) is 5.97 Å². The van der Waals surface area contributed by atoms with Crippen LogP contribution >= 0.6 is 0 Å². The molecule has 0 atom stereocenters. The van der Waals surface area contributed by atoms with E-state index >= 15 is 0 Å². The van der Waals surface area contributed by atoms with Gasteiger partial charge in [0.25, 0.3) is 0 Å². The fourth-order valence-electron chi connectivity index (χ4n) is 1.66. The Morgan fingerprint density at radius 2 is 1.81 bits per heavy atom. The normalized spacial score (nSPS) is 10.2. The van der Waals surface area contributed by atoms with Crippen molar-refractivity contribution in [2.45, 2.75) is 33.6 Å². The molecule has 16 heavy (non-hydrogen) atoms. The van der Waals surface area contributed by atoms with Gasteiger partial charge in [0.2, 0.25) is 0 Å². The zero-order chi connectivity index (χ0) is 12.1. The second kappa shape index (κ2) is 5.66. The summed E-state index contributed by atoms with van der Waals surface area (Å²) in [4.78, 5) is 11.1. The maximum absolute atomic E-state index is 11.1. The predicted molar refractivity (Wildman–Crippen MR) is 62.2 cm³/mol. The van der Waals surface area contributed by atoms with Gasteiger partial charge in [0.15, 0.2) is 6.79 Å². The van der Waals surface area contributed by atoms with Crippen molar-refractivity contribution >= 4 is 5.97 Å². The number of rotatable bonds is 4. The van der Waals surface area contributed by atoms with Crippen LogP contribution in [-0.4, -0.2) is 17.9 Å². The molecule has 0 bridgehead atoms. The third kappa shape index (κ3) is 3.35. The van der Waals surface area contributed by atoms with Crippen molar-refractivity contribution in [3.05, 3.63) is 34.4 Å². The van der Waals surface area contributed by atoms with E-state index in [0.29, 0.717) is 12.8 Å². The van der Waals surface area contributed by atoms with Gasteiger partial charge in [-0.2, -0.15) is 0 Å². The molecule has 0 heterocycles. The lowest BCUT2D eigenvalue weighted by molar-refractivity contribution is -0.151. The van der Waals surface area contributed by atoms with Gasteiger partial charge in [-0.3, -0.25) is 4.79 Å². The molecule has 0 fully saturated rings. The number of aryl methyl sites for hydroxylation is 3. The van der Waals surface area contributed by atoms with Crippen LogP contribution in [0.15, 0.2) is 12.1 Å². The van der Waals surface area contributed by atoms with E-state index in [4.69, 9.17) is 5.11 Å². The summed E-state index contributed by atoms with van der Waals surface area (Å²) < 4.78 is 4.46. The quantitative estimate of drug-likeness (QED) is 0.626. The molecule has 0 aliphatic carbocycles. The van der Waals surface area contributed by atoms with Crippen LogP contribution in [0.3, 0.4) is 0 Å². The van der Waals surface area contributed by atoms with E-state index in [0.717, 1.165) is 5.56 Å².